The smallest absolute Gasteiger partial charge is 0.192 e. The lowest BCUT2D eigenvalue weighted by atomic mass is 10.1. The van der Waals surface area contributed by atoms with Gasteiger partial charge in [0.15, 0.2) is 5.16 Å². The van der Waals surface area contributed by atoms with Crippen LogP contribution in [0, 0.1) is 18.3 Å². The molecular weight excluding hydrogens is 312 g/mol. The lowest BCUT2D eigenvalue weighted by Gasteiger charge is -2.09. The first-order valence-corrected chi connectivity index (χ1v) is 8.54. The van der Waals surface area contributed by atoms with E-state index >= 15 is 0 Å². The minimum absolute atomic E-state index is 0.237. The number of nitriles is 1. The van der Waals surface area contributed by atoms with Gasteiger partial charge in [-0.25, -0.2) is 9.97 Å². The molecule has 1 atom stereocenters. The van der Waals surface area contributed by atoms with Crippen molar-refractivity contribution < 1.29 is 0 Å². The number of hydrogen-bond acceptors (Lipinski definition) is 6. The standard InChI is InChI=1S/C16H14N4S2/c1-10-2-4-11(5-3-10)8-12(9-17)22-16-19-14(18)13-6-7-21-15(13)20-16/h2-7,12H,8H2,1H3,(H2,18,19,20)/t12-/m1/s1. The molecule has 0 aliphatic carbocycles. The van der Waals surface area contributed by atoms with E-state index in [1.807, 2.05) is 18.4 Å². The van der Waals surface area contributed by atoms with E-state index in [1.54, 1.807) is 0 Å². The highest BCUT2D eigenvalue weighted by Crippen LogP contribution is 2.29. The fourth-order valence-electron chi connectivity index (χ4n) is 2.09. The van der Waals surface area contributed by atoms with Crippen molar-refractivity contribution in [2.45, 2.75) is 23.8 Å². The molecule has 2 aromatic heterocycles. The van der Waals surface area contributed by atoms with Crippen LogP contribution in [0.4, 0.5) is 5.82 Å². The molecule has 0 radical (unpaired) electrons. The van der Waals surface area contributed by atoms with Crippen LogP contribution < -0.4 is 5.73 Å². The number of hydrogen-bond donors (Lipinski definition) is 1. The number of nitrogen functional groups attached to an aromatic ring is 1. The summed E-state index contributed by atoms with van der Waals surface area (Å²) in [7, 11) is 0. The SMILES string of the molecule is Cc1ccc(C[C@H](C#N)Sc2nc(N)c3ccsc3n2)cc1. The Morgan fingerprint density at radius 1 is 1.27 bits per heavy atom. The first-order chi connectivity index (χ1) is 10.7. The Morgan fingerprint density at radius 3 is 2.77 bits per heavy atom. The van der Waals surface area contributed by atoms with Gasteiger partial charge in [0.1, 0.15) is 15.9 Å². The number of anilines is 1. The van der Waals surface area contributed by atoms with Gasteiger partial charge < -0.3 is 5.73 Å². The number of aryl methyl sites for hydroxylation is 1. The van der Waals surface area contributed by atoms with E-state index in [4.69, 9.17) is 5.73 Å². The fraction of sp³-hybridized carbons (Fsp3) is 0.188. The highest BCUT2D eigenvalue weighted by atomic mass is 32.2. The van der Waals surface area contributed by atoms with Gasteiger partial charge in [-0.15, -0.1) is 11.3 Å². The molecule has 1 aromatic carbocycles. The molecule has 0 spiro atoms. The summed E-state index contributed by atoms with van der Waals surface area (Å²) in [5, 5.41) is 12.5. The molecule has 0 saturated carbocycles. The van der Waals surface area contributed by atoms with Gasteiger partial charge in [0.2, 0.25) is 0 Å². The lowest BCUT2D eigenvalue weighted by Crippen LogP contribution is -2.06. The van der Waals surface area contributed by atoms with Crippen LogP contribution in [0.3, 0.4) is 0 Å². The van der Waals surface area contributed by atoms with Gasteiger partial charge >= 0.3 is 0 Å². The highest BCUT2D eigenvalue weighted by molar-refractivity contribution is 8.00. The first kappa shape index (κ1) is 14.8. The van der Waals surface area contributed by atoms with Crippen molar-refractivity contribution in [3.63, 3.8) is 0 Å². The van der Waals surface area contributed by atoms with Crippen LogP contribution in [0.2, 0.25) is 0 Å². The second kappa shape index (κ2) is 6.34. The van der Waals surface area contributed by atoms with E-state index in [2.05, 4.69) is 40.3 Å². The summed E-state index contributed by atoms with van der Waals surface area (Å²) in [6.07, 6.45) is 0.660. The molecule has 3 rings (SSSR count). The van der Waals surface area contributed by atoms with E-state index in [1.165, 1.54) is 28.7 Å². The maximum absolute atomic E-state index is 9.39. The molecule has 0 aliphatic heterocycles. The summed E-state index contributed by atoms with van der Waals surface area (Å²) < 4.78 is 0. The number of aromatic nitrogens is 2. The second-order valence-electron chi connectivity index (χ2n) is 4.96. The van der Waals surface area contributed by atoms with Gasteiger partial charge in [0.05, 0.1) is 11.5 Å². The number of nitrogens with two attached hydrogens (primary N) is 1. The predicted molar refractivity (Wildman–Crippen MR) is 92.0 cm³/mol. The first-order valence-electron chi connectivity index (χ1n) is 6.78. The van der Waals surface area contributed by atoms with Gasteiger partial charge in [-0.2, -0.15) is 5.26 Å². The van der Waals surface area contributed by atoms with Crippen molar-refractivity contribution in [1.29, 1.82) is 5.26 Å². The molecule has 2 heterocycles. The van der Waals surface area contributed by atoms with E-state index < -0.39 is 0 Å². The number of rotatable bonds is 4. The average molecular weight is 326 g/mol. The summed E-state index contributed by atoms with van der Waals surface area (Å²) in [6.45, 7) is 2.05. The van der Waals surface area contributed by atoms with Gasteiger partial charge in [-0.05, 0) is 30.4 Å². The monoisotopic (exact) mass is 326 g/mol. The van der Waals surface area contributed by atoms with Crippen LogP contribution in [-0.2, 0) is 6.42 Å². The van der Waals surface area contributed by atoms with E-state index in [0.29, 0.717) is 17.4 Å². The largest absolute Gasteiger partial charge is 0.383 e. The van der Waals surface area contributed by atoms with Crippen molar-refractivity contribution in [2.24, 2.45) is 0 Å². The molecular formula is C16H14N4S2. The Labute approximate surface area is 137 Å². The maximum atomic E-state index is 9.39. The molecule has 3 aromatic rings. The zero-order chi connectivity index (χ0) is 15.5. The van der Waals surface area contributed by atoms with E-state index in [-0.39, 0.29) is 5.25 Å². The summed E-state index contributed by atoms with van der Waals surface area (Å²) in [5.74, 6) is 0.473. The molecule has 0 bridgehead atoms. The molecule has 0 amide bonds. The van der Waals surface area contributed by atoms with E-state index in [9.17, 15) is 5.26 Å². The topological polar surface area (TPSA) is 75.6 Å². The predicted octanol–water partition coefficient (Wildman–Crippen LogP) is 3.81. The van der Waals surface area contributed by atoms with Crippen LogP contribution >= 0.6 is 23.1 Å². The van der Waals surface area contributed by atoms with Crippen LogP contribution in [0.15, 0.2) is 40.9 Å². The van der Waals surface area contributed by atoms with Gasteiger partial charge in [0.25, 0.3) is 0 Å². The third-order valence-electron chi connectivity index (χ3n) is 3.27. The fourth-order valence-corrected chi connectivity index (χ4v) is 3.80. The maximum Gasteiger partial charge on any atom is 0.192 e. The summed E-state index contributed by atoms with van der Waals surface area (Å²) in [6, 6.07) is 12.5. The van der Waals surface area contributed by atoms with Crippen LogP contribution in [0.1, 0.15) is 11.1 Å². The van der Waals surface area contributed by atoms with Crippen LogP contribution in [0.25, 0.3) is 10.2 Å². The Balaban J connectivity index is 1.79. The minimum Gasteiger partial charge on any atom is -0.383 e. The van der Waals surface area contributed by atoms with E-state index in [0.717, 1.165) is 15.8 Å². The molecule has 22 heavy (non-hydrogen) atoms. The third-order valence-corrected chi connectivity index (χ3v) is 5.02. The van der Waals surface area contributed by atoms with Gasteiger partial charge in [-0.1, -0.05) is 41.6 Å². The molecule has 0 aliphatic rings. The van der Waals surface area contributed by atoms with Gasteiger partial charge in [0, 0.05) is 0 Å². The lowest BCUT2D eigenvalue weighted by molar-refractivity contribution is 0.979. The summed E-state index contributed by atoms with van der Waals surface area (Å²) >= 11 is 2.89. The second-order valence-corrected chi connectivity index (χ2v) is 7.02. The highest BCUT2D eigenvalue weighted by Gasteiger charge is 2.14. The Morgan fingerprint density at radius 2 is 2.05 bits per heavy atom. The molecule has 4 nitrogen and oxygen atoms in total. The number of thiophene rings is 1. The zero-order valence-electron chi connectivity index (χ0n) is 12.0. The summed E-state index contributed by atoms with van der Waals surface area (Å²) in [4.78, 5) is 9.64. The van der Waals surface area contributed by atoms with Crippen molar-refractivity contribution in [3.8, 4) is 6.07 Å². The van der Waals surface area contributed by atoms with Crippen LogP contribution in [-0.4, -0.2) is 15.2 Å². The molecule has 6 heteroatoms. The van der Waals surface area contributed by atoms with Crippen LogP contribution in [0.5, 0.6) is 0 Å². The number of nitrogens with zero attached hydrogens (tertiary/aromatic N) is 3. The minimum atomic E-state index is -0.237. The van der Waals surface area contributed by atoms with Crippen molar-refractivity contribution >= 4 is 39.1 Å². The Hall–Kier alpha value is -2.10. The number of fused-ring (bicyclic) bond motifs is 1. The average Bonchev–Trinajstić information content (AvgIpc) is 2.98. The molecule has 0 fully saturated rings. The number of thioether (sulfide) groups is 1. The Kier molecular flexibility index (Phi) is 4.27. The van der Waals surface area contributed by atoms with Crippen molar-refractivity contribution in [1.82, 2.24) is 9.97 Å². The Bertz CT molecular complexity index is 833. The molecule has 2 N–H and O–H groups in total. The quantitative estimate of drug-likeness (QED) is 0.583. The van der Waals surface area contributed by atoms with Gasteiger partial charge in [-0.3, -0.25) is 0 Å². The normalized spacial score (nSPS) is 12.2. The van der Waals surface area contributed by atoms with Crippen molar-refractivity contribution in [2.75, 3.05) is 5.73 Å². The van der Waals surface area contributed by atoms with Crippen molar-refractivity contribution in [3.05, 3.63) is 46.8 Å². The molecule has 110 valence electrons. The molecule has 0 unspecified atom stereocenters. The summed E-state index contributed by atoms with van der Waals surface area (Å²) in [5.41, 5.74) is 8.29. The zero-order valence-corrected chi connectivity index (χ0v) is 13.6. The number of benzene rings is 1. The molecule has 0 saturated heterocycles. The third kappa shape index (κ3) is 3.21.